The Bertz CT molecular complexity index is 730. The van der Waals surface area contributed by atoms with Gasteiger partial charge in [0.2, 0.25) is 5.91 Å². The molecule has 0 heterocycles. The molecular weight excluding hydrogens is 322 g/mol. The molecule has 2 N–H and O–H groups in total. The standard InChI is InChI=1S/C19H21NO5/c1-24-15-8-9-17(25-2)14(11-15)12-18(21)20-16(19(22)23)10-13-6-4-3-5-7-13/h3-9,11,16H,10,12H2,1-2H3,(H,20,21)(H,22,23)/t16-/m0/s1. The first-order valence-electron chi connectivity index (χ1n) is 7.80. The van der Waals surface area contributed by atoms with Crippen LogP contribution in [0.5, 0.6) is 11.5 Å². The molecule has 2 aromatic rings. The summed E-state index contributed by atoms with van der Waals surface area (Å²) >= 11 is 0. The van der Waals surface area contributed by atoms with Gasteiger partial charge in [-0.05, 0) is 23.8 Å². The molecule has 0 fully saturated rings. The SMILES string of the molecule is COc1ccc(OC)c(CC(=O)N[C@@H](Cc2ccccc2)C(=O)O)c1. The van der Waals surface area contributed by atoms with Gasteiger partial charge in [-0.2, -0.15) is 0 Å². The monoisotopic (exact) mass is 343 g/mol. The quantitative estimate of drug-likeness (QED) is 0.766. The van der Waals surface area contributed by atoms with Crippen LogP contribution in [0.4, 0.5) is 0 Å². The van der Waals surface area contributed by atoms with Crippen molar-refractivity contribution in [1.29, 1.82) is 0 Å². The highest BCUT2D eigenvalue weighted by atomic mass is 16.5. The van der Waals surface area contributed by atoms with E-state index in [9.17, 15) is 14.7 Å². The third kappa shape index (κ3) is 5.24. The minimum atomic E-state index is -1.07. The lowest BCUT2D eigenvalue weighted by Gasteiger charge is -2.16. The maximum Gasteiger partial charge on any atom is 0.326 e. The van der Waals surface area contributed by atoms with Crippen molar-refractivity contribution in [2.24, 2.45) is 0 Å². The highest BCUT2D eigenvalue weighted by molar-refractivity contribution is 5.85. The number of carboxylic acid groups (broad SMARTS) is 1. The molecule has 1 amide bonds. The Morgan fingerprint density at radius 1 is 1.08 bits per heavy atom. The molecule has 6 heteroatoms. The van der Waals surface area contributed by atoms with Crippen LogP contribution in [0.25, 0.3) is 0 Å². The summed E-state index contributed by atoms with van der Waals surface area (Å²) in [7, 11) is 3.05. The van der Waals surface area contributed by atoms with Crippen LogP contribution in [-0.4, -0.2) is 37.2 Å². The number of amides is 1. The highest BCUT2D eigenvalue weighted by Crippen LogP contribution is 2.24. The van der Waals surface area contributed by atoms with Gasteiger partial charge in [0, 0.05) is 12.0 Å². The Hall–Kier alpha value is -3.02. The zero-order valence-corrected chi connectivity index (χ0v) is 14.2. The van der Waals surface area contributed by atoms with Crippen LogP contribution in [0, 0.1) is 0 Å². The molecule has 2 aromatic carbocycles. The number of benzene rings is 2. The number of methoxy groups -OCH3 is 2. The summed E-state index contributed by atoms with van der Waals surface area (Å²) in [6.45, 7) is 0. The Labute approximate surface area is 146 Å². The largest absolute Gasteiger partial charge is 0.497 e. The van der Waals surface area contributed by atoms with Crippen LogP contribution >= 0.6 is 0 Å². The molecule has 0 saturated carbocycles. The molecule has 0 aromatic heterocycles. The third-order valence-corrected chi connectivity index (χ3v) is 3.75. The third-order valence-electron chi connectivity index (χ3n) is 3.75. The van der Waals surface area contributed by atoms with Gasteiger partial charge < -0.3 is 19.9 Å². The van der Waals surface area contributed by atoms with E-state index >= 15 is 0 Å². The van der Waals surface area contributed by atoms with Crippen LogP contribution in [0.3, 0.4) is 0 Å². The summed E-state index contributed by atoms with van der Waals surface area (Å²) in [6.07, 6.45) is 0.218. The number of carboxylic acids is 1. The maximum absolute atomic E-state index is 12.3. The fourth-order valence-corrected chi connectivity index (χ4v) is 2.49. The topological polar surface area (TPSA) is 84.9 Å². The molecule has 0 spiro atoms. The lowest BCUT2D eigenvalue weighted by molar-refractivity contribution is -0.141. The first-order valence-corrected chi connectivity index (χ1v) is 7.80. The summed E-state index contributed by atoms with van der Waals surface area (Å²) in [5.74, 6) is -0.321. The van der Waals surface area contributed by atoms with Crippen LogP contribution in [-0.2, 0) is 22.4 Å². The van der Waals surface area contributed by atoms with E-state index in [1.807, 2.05) is 30.3 Å². The first-order chi connectivity index (χ1) is 12.0. The number of rotatable bonds is 8. The molecule has 0 unspecified atom stereocenters. The number of carbonyl (C=O) groups excluding carboxylic acids is 1. The van der Waals surface area contributed by atoms with E-state index in [1.165, 1.54) is 14.2 Å². The van der Waals surface area contributed by atoms with Gasteiger partial charge in [-0.3, -0.25) is 4.79 Å². The number of nitrogens with one attached hydrogen (secondary N) is 1. The molecule has 0 aliphatic rings. The summed E-state index contributed by atoms with van der Waals surface area (Å²) in [5.41, 5.74) is 1.47. The van der Waals surface area contributed by atoms with Gasteiger partial charge in [0.15, 0.2) is 0 Å². The minimum absolute atomic E-state index is 0.00105. The highest BCUT2D eigenvalue weighted by Gasteiger charge is 2.21. The molecule has 132 valence electrons. The molecule has 0 aliphatic carbocycles. The average molecular weight is 343 g/mol. The summed E-state index contributed by atoms with van der Waals surface area (Å²) < 4.78 is 10.4. The van der Waals surface area contributed by atoms with E-state index in [-0.39, 0.29) is 12.8 Å². The normalized spacial score (nSPS) is 11.4. The molecular formula is C19H21NO5. The molecule has 0 saturated heterocycles. The average Bonchev–Trinajstić information content (AvgIpc) is 2.61. The van der Waals surface area contributed by atoms with Crippen LogP contribution in [0.1, 0.15) is 11.1 Å². The van der Waals surface area contributed by atoms with E-state index in [4.69, 9.17) is 9.47 Å². The van der Waals surface area contributed by atoms with E-state index in [0.717, 1.165) is 5.56 Å². The number of hydrogen-bond donors (Lipinski definition) is 2. The van der Waals surface area contributed by atoms with Gasteiger partial charge in [0.1, 0.15) is 17.5 Å². The summed E-state index contributed by atoms with van der Waals surface area (Å²) in [4.78, 5) is 23.8. The predicted octanol–water partition coefficient (Wildman–Crippen LogP) is 2.06. The second-order valence-corrected chi connectivity index (χ2v) is 5.50. The second-order valence-electron chi connectivity index (χ2n) is 5.50. The fraction of sp³-hybridized carbons (Fsp3) is 0.263. The number of carbonyl (C=O) groups is 2. The molecule has 1 atom stereocenters. The Balaban J connectivity index is 2.08. The minimum Gasteiger partial charge on any atom is -0.497 e. The molecule has 25 heavy (non-hydrogen) atoms. The van der Waals surface area contributed by atoms with E-state index < -0.39 is 17.9 Å². The van der Waals surface area contributed by atoms with Crippen molar-refractivity contribution in [1.82, 2.24) is 5.32 Å². The van der Waals surface area contributed by atoms with Gasteiger partial charge >= 0.3 is 5.97 Å². The summed E-state index contributed by atoms with van der Waals surface area (Å²) in [5, 5.41) is 11.9. The Morgan fingerprint density at radius 2 is 1.80 bits per heavy atom. The van der Waals surface area contributed by atoms with Crippen molar-refractivity contribution in [3.05, 3.63) is 59.7 Å². The zero-order chi connectivity index (χ0) is 18.2. The van der Waals surface area contributed by atoms with E-state index in [1.54, 1.807) is 18.2 Å². The van der Waals surface area contributed by atoms with Crippen molar-refractivity contribution in [3.8, 4) is 11.5 Å². The van der Waals surface area contributed by atoms with Crippen molar-refractivity contribution in [2.45, 2.75) is 18.9 Å². The number of aliphatic carboxylic acids is 1. The van der Waals surface area contributed by atoms with Gasteiger partial charge in [0.25, 0.3) is 0 Å². The summed E-state index contributed by atoms with van der Waals surface area (Å²) in [6, 6.07) is 13.3. The van der Waals surface area contributed by atoms with Crippen molar-refractivity contribution in [2.75, 3.05) is 14.2 Å². The zero-order valence-electron chi connectivity index (χ0n) is 14.2. The molecule has 2 rings (SSSR count). The van der Waals surface area contributed by atoms with Crippen molar-refractivity contribution < 1.29 is 24.2 Å². The molecule has 6 nitrogen and oxygen atoms in total. The molecule has 0 bridgehead atoms. The lowest BCUT2D eigenvalue weighted by atomic mass is 10.0. The van der Waals surface area contributed by atoms with Crippen molar-refractivity contribution in [3.63, 3.8) is 0 Å². The molecule has 0 radical (unpaired) electrons. The number of hydrogen-bond acceptors (Lipinski definition) is 4. The first kappa shape index (κ1) is 18.3. The maximum atomic E-state index is 12.3. The Morgan fingerprint density at radius 3 is 2.40 bits per heavy atom. The second kappa shape index (κ2) is 8.73. The Kier molecular flexibility index (Phi) is 6.39. The van der Waals surface area contributed by atoms with E-state index in [2.05, 4.69) is 5.32 Å². The molecule has 0 aliphatic heterocycles. The van der Waals surface area contributed by atoms with Gasteiger partial charge in [-0.1, -0.05) is 30.3 Å². The predicted molar refractivity (Wildman–Crippen MR) is 93.0 cm³/mol. The fourth-order valence-electron chi connectivity index (χ4n) is 2.49. The van der Waals surface area contributed by atoms with Crippen LogP contribution < -0.4 is 14.8 Å². The van der Waals surface area contributed by atoms with Gasteiger partial charge in [-0.15, -0.1) is 0 Å². The smallest absolute Gasteiger partial charge is 0.326 e. The lowest BCUT2D eigenvalue weighted by Crippen LogP contribution is -2.43. The van der Waals surface area contributed by atoms with Crippen LogP contribution in [0.15, 0.2) is 48.5 Å². The van der Waals surface area contributed by atoms with Gasteiger partial charge in [0.05, 0.1) is 20.6 Å². The van der Waals surface area contributed by atoms with Gasteiger partial charge in [-0.25, -0.2) is 4.79 Å². The van der Waals surface area contributed by atoms with Crippen molar-refractivity contribution >= 4 is 11.9 Å². The number of ether oxygens (including phenoxy) is 2. The van der Waals surface area contributed by atoms with Crippen LogP contribution in [0.2, 0.25) is 0 Å². The van der Waals surface area contributed by atoms with E-state index in [0.29, 0.717) is 17.1 Å².